The Morgan fingerprint density at radius 3 is 2.50 bits per heavy atom. The molecule has 0 aromatic heterocycles. The molecule has 0 saturated carbocycles. The van der Waals surface area contributed by atoms with Crippen molar-refractivity contribution >= 4 is 21.9 Å². The average Bonchev–Trinajstić information content (AvgIpc) is 2.21. The van der Waals surface area contributed by atoms with Crippen molar-refractivity contribution in [3.63, 3.8) is 0 Å². The Morgan fingerprint density at radius 1 is 1.44 bits per heavy atom. The molecule has 0 amide bonds. The second kappa shape index (κ2) is 5.82. The Kier molecular flexibility index (Phi) is 4.71. The molecule has 2 N–H and O–H groups in total. The Bertz CT molecular complexity index is 395. The van der Waals surface area contributed by atoms with E-state index in [2.05, 4.69) is 15.9 Å². The first-order valence-corrected chi connectivity index (χ1v) is 5.62. The van der Waals surface area contributed by atoms with Crippen LogP contribution in [0.3, 0.4) is 0 Å². The molecule has 0 spiro atoms. The fraction of sp³-hybridized carbons (Fsp3) is 0.250. The molecule has 0 unspecified atom stereocenters. The third-order valence-electron chi connectivity index (χ3n) is 2.14. The van der Waals surface area contributed by atoms with Crippen LogP contribution in [0.1, 0.15) is 12.5 Å². The molecular formula is C12H13BrO3. The van der Waals surface area contributed by atoms with Crippen LogP contribution in [0.5, 0.6) is 0 Å². The Morgan fingerprint density at radius 2 is 2.00 bits per heavy atom. The average molecular weight is 285 g/mol. The van der Waals surface area contributed by atoms with Crippen molar-refractivity contribution in [1.29, 1.82) is 0 Å². The van der Waals surface area contributed by atoms with Crippen LogP contribution in [0.2, 0.25) is 0 Å². The summed E-state index contributed by atoms with van der Waals surface area (Å²) in [6.07, 6.45) is 1.000. The van der Waals surface area contributed by atoms with Gasteiger partial charge in [0.25, 0.3) is 0 Å². The predicted molar refractivity (Wildman–Crippen MR) is 65.2 cm³/mol. The minimum absolute atomic E-state index is 0.157. The summed E-state index contributed by atoms with van der Waals surface area (Å²) in [6.45, 7) is 1.47. The van der Waals surface area contributed by atoms with Gasteiger partial charge in [0.05, 0.1) is 6.10 Å². The standard InChI is InChI=1S/C12H13BrO3/c1-8(12(15)16)6-11(14)7-9-2-4-10(13)5-3-9/h2-6,11,14H,7H2,1H3,(H,15,16)/b8-6-/t11-/m1/s1. The van der Waals surface area contributed by atoms with Gasteiger partial charge < -0.3 is 10.2 Å². The van der Waals surface area contributed by atoms with Crippen LogP contribution >= 0.6 is 15.9 Å². The third-order valence-corrected chi connectivity index (χ3v) is 2.67. The first-order valence-electron chi connectivity index (χ1n) is 4.83. The second-order valence-corrected chi connectivity index (χ2v) is 4.47. The fourth-order valence-corrected chi connectivity index (χ4v) is 1.55. The maximum Gasteiger partial charge on any atom is 0.331 e. The SMILES string of the molecule is C/C(=C/[C@@H](O)Cc1ccc(Br)cc1)C(=O)O. The quantitative estimate of drug-likeness (QED) is 0.835. The first-order chi connectivity index (χ1) is 7.49. The van der Waals surface area contributed by atoms with Crippen molar-refractivity contribution in [1.82, 2.24) is 0 Å². The number of rotatable bonds is 4. The molecule has 1 rings (SSSR count). The molecule has 0 fully saturated rings. The molecule has 0 aliphatic heterocycles. The van der Waals surface area contributed by atoms with E-state index in [1.807, 2.05) is 24.3 Å². The lowest BCUT2D eigenvalue weighted by molar-refractivity contribution is -0.132. The van der Waals surface area contributed by atoms with Crippen molar-refractivity contribution in [3.8, 4) is 0 Å². The maximum absolute atomic E-state index is 10.5. The molecule has 1 atom stereocenters. The van der Waals surface area contributed by atoms with E-state index in [0.29, 0.717) is 6.42 Å². The number of benzene rings is 1. The molecule has 16 heavy (non-hydrogen) atoms. The van der Waals surface area contributed by atoms with Gasteiger partial charge in [-0.25, -0.2) is 4.79 Å². The number of carboxylic acid groups (broad SMARTS) is 1. The summed E-state index contributed by atoms with van der Waals surface area (Å²) in [5.41, 5.74) is 1.12. The minimum atomic E-state index is -1.00. The molecule has 0 radical (unpaired) electrons. The summed E-state index contributed by atoms with van der Waals surface area (Å²) in [5.74, 6) is -1.00. The van der Waals surface area contributed by atoms with E-state index in [4.69, 9.17) is 5.11 Å². The number of carboxylic acids is 1. The highest BCUT2D eigenvalue weighted by Crippen LogP contribution is 2.12. The van der Waals surface area contributed by atoms with E-state index in [-0.39, 0.29) is 5.57 Å². The largest absolute Gasteiger partial charge is 0.478 e. The lowest BCUT2D eigenvalue weighted by atomic mass is 10.1. The monoisotopic (exact) mass is 284 g/mol. The molecule has 86 valence electrons. The highest BCUT2D eigenvalue weighted by Gasteiger charge is 2.06. The van der Waals surface area contributed by atoms with E-state index >= 15 is 0 Å². The van der Waals surface area contributed by atoms with E-state index < -0.39 is 12.1 Å². The predicted octanol–water partition coefficient (Wildman–Crippen LogP) is 2.38. The summed E-state index contributed by atoms with van der Waals surface area (Å²) in [6, 6.07) is 7.54. The highest BCUT2D eigenvalue weighted by molar-refractivity contribution is 9.10. The summed E-state index contributed by atoms with van der Waals surface area (Å²) >= 11 is 3.32. The summed E-state index contributed by atoms with van der Waals surface area (Å²) < 4.78 is 0.975. The van der Waals surface area contributed by atoms with Crippen LogP contribution in [0.25, 0.3) is 0 Å². The van der Waals surface area contributed by atoms with Gasteiger partial charge in [0.2, 0.25) is 0 Å². The van der Waals surface area contributed by atoms with Gasteiger partial charge in [0.1, 0.15) is 0 Å². The van der Waals surface area contributed by atoms with Crippen LogP contribution in [-0.2, 0) is 11.2 Å². The summed E-state index contributed by atoms with van der Waals surface area (Å²) in [5, 5.41) is 18.3. The summed E-state index contributed by atoms with van der Waals surface area (Å²) in [4.78, 5) is 10.5. The maximum atomic E-state index is 10.5. The van der Waals surface area contributed by atoms with Crippen molar-refractivity contribution in [2.45, 2.75) is 19.4 Å². The molecule has 4 heteroatoms. The van der Waals surface area contributed by atoms with Gasteiger partial charge in [-0.2, -0.15) is 0 Å². The molecule has 0 heterocycles. The van der Waals surface area contributed by atoms with Crippen LogP contribution in [-0.4, -0.2) is 22.3 Å². The van der Waals surface area contributed by atoms with Gasteiger partial charge in [-0.05, 0) is 30.7 Å². The second-order valence-electron chi connectivity index (χ2n) is 3.55. The fourth-order valence-electron chi connectivity index (χ4n) is 1.28. The molecule has 1 aromatic rings. The van der Waals surface area contributed by atoms with Gasteiger partial charge >= 0.3 is 5.97 Å². The number of aliphatic hydroxyl groups excluding tert-OH is 1. The van der Waals surface area contributed by atoms with Crippen LogP contribution in [0.4, 0.5) is 0 Å². The van der Waals surface area contributed by atoms with E-state index in [0.717, 1.165) is 10.0 Å². The number of halogens is 1. The highest BCUT2D eigenvalue weighted by atomic mass is 79.9. The zero-order chi connectivity index (χ0) is 12.1. The molecule has 0 aliphatic carbocycles. The lowest BCUT2D eigenvalue weighted by Crippen LogP contribution is -2.09. The number of hydrogen-bond acceptors (Lipinski definition) is 2. The van der Waals surface area contributed by atoms with E-state index in [9.17, 15) is 9.90 Å². The van der Waals surface area contributed by atoms with E-state index in [1.165, 1.54) is 13.0 Å². The smallest absolute Gasteiger partial charge is 0.331 e. The van der Waals surface area contributed by atoms with E-state index in [1.54, 1.807) is 0 Å². The van der Waals surface area contributed by atoms with Gasteiger partial charge in [0.15, 0.2) is 0 Å². The molecule has 1 aromatic carbocycles. The summed E-state index contributed by atoms with van der Waals surface area (Å²) in [7, 11) is 0. The molecule has 0 aliphatic rings. The molecule has 3 nitrogen and oxygen atoms in total. The number of carbonyl (C=O) groups is 1. The lowest BCUT2D eigenvalue weighted by Gasteiger charge is -2.06. The Hall–Kier alpha value is -1.13. The van der Waals surface area contributed by atoms with Gasteiger partial charge in [0, 0.05) is 16.5 Å². The molecule has 0 saturated heterocycles. The normalized spacial score (nSPS) is 13.6. The van der Waals surface area contributed by atoms with Gasteiger partial charge in [-0.1, -0.05) is 28.1 Å². The molecular weight excluding hydrogens is 272 g/mol. The third kappa shape index (κ3) is 4.16. The van der Waals surface area contributed by atoms with Crippen molar-refractivity contribution in [2.75, 3.05) is 0 Å². The topological polar surface area (TPSA) is 57.5 Å². The van der Waals surface area contributed by atoms with Crippen LogP contribution < -0.4 is 0 Å². The zero-order valence-corrected chi connectivity index (χ0v) is 10.4. The number of aliphatic carboxylic acids is 1. The van der Waals surface area contributed by atoms with Crippen molar-refractivity contribution < 1.29 is 15.0 Å². The number of hydrogen-bond donors (Lipinski definition) is 2. The van der Waals surface area contributed by atoms with Crippen LogP contribution in [0, 0.1) is 0 Å². The minimum Gasteiger partial charge on any atom is -0.478 e. The zero-order valence-electron chi connectivity index (χ0n) is 8.85. The van der Waals surface area contributed by atoms with Gasteiger partial charge in [-0.15, -0.1) is 0 Å². The Balaban J connectivity index is 2.64. The Labute approximate surface area is 103 Å². The first kappa shape index (κ1) is 12.9. The van der Waals surface area contributed by atoms with Crippen molar-refractivity contribution in [2.24, 2.45) is 0 Å². The van der Waals surface area contributed by atoms with Crippen LogP contribution in [0.15, 0.2) is 40.4 Å². The molecule has 0 bridgehead atoms. The van der Waals surface area contributed by atoms with Crippen molar-refractivity contribution in [3.05, 3.63) is 46.0 Å². The van der Waals surface area contributed by atoms with Gasteiger partial charge in [-0.3, -0.25) is 0 Å². The number of aliphatic hydroxyl groups is 1.